The smallest absolute Gasteiger partial charge is 0.276 e. The molecule has 26 heavy (non-hydrogen) atoms. The molecule has 7 nitrogen and oxygen atoms in total. The number of nitrogens with zero attached hydrogens (tertiary/aromatic N) is 4. The number of carbonyl (C=O) groups is 1. The maximum Gasteiger partial charge on any atom is 0.276 e. The second kappa shape index (κ2) is 7.77. The van der Waals surface area contributed by atoms with Crippen molar-refractivity contribution in [3.05, 3.63) is 40.7 Å². The third kappa shape index (κ3) is 3.62. The van der Waals surface area contributed by atoms with Gasteiger partial charge in [-0.15, -0.1) is 5.10 Å². The van der Waals surface area contributed by atoms with Crippen LogP contribution in [0.4, 0.5) is 0 Å². The second-order valence-corrected chi connectivity index (χ2v) is 7.82. The Morgan fingerprint density at radius 2 is 2.23 bits per heavy atom. The lowest BCUT2D eigenvalue weighted by molar-refractivity contribution is -0.0452. The summed E-state index contributed by atoms with van der Waals surface area (Å²) in [7, 11) is 0. The predicted octanol–water partition coefficient (Wildman–Crippen LogP) is 2.08. The lowest BCUT2D eigenvalue weighted by Gasteiger charge is -2.37. The van der Waals surface area contributed by atoms with Gasteiger partial charge in [0.1, 0.15) is 0 Å². The molecule has 3 heterocycles. The zero-order valence-electron chi connectivity index (χ0n) is 14.7. The maximum absolute atomic E-state index is 12.9. The highest BCUT2D eigenvalue weighted by molar-refractivity contribution is 7.05. The minimum Gasteiger partial charge on any atom is -0.376 e. The first kappa shape index (κ1) is 17.5. The van der Waals surface area contributed by atoms with Gasteiger partial charge in [0, 0.05) is 18.9 Å². The molecule has 0 unspecified atom stereocenters. The van der Waals surface area contributed by atoms with Gasteiger partial charge >= 0.3 is 0 Å². The average Bonchev–Trinajstić information content (AvgIpc) is 3.27. The molecule has 0 spiro atoms. The summed E-state index contributed by atoms with van der Waals surface area (Å²) in [6, 6.07) is 4.02. The highest BCUT2D eigenvalue weighted by atomic mass is 32.1. The summed E-state index contributed by atoms with van der Waals surface area (Å²) in [6.07, 6.45) is 5.47. The van der Waals surface area contributed by atoms with E-state index in [9.17, 15) is 4.79 Å². The van der Waals surface area contributed by atoms with Crippen molar-refractivity contribution in [2.45, 2.75) is 38.5 Å². The zero-order chi connectivity index (χ0) is 17.9. The van der Waals surface area contributed by atoms with Crippen molar-refractivity contribution in [2.24, 2.45) is 5.92 Å². The van der Waals surface area contributed by atoms with E-state index >= 15 is 0 Å². The molecule has 2 aromatic rings. The molecule has 2 fully saturated rings. The second-order valence-electron chi connectivity index (χ2n) is 6.86. The Labute approximate surface area is 156 Å². The Kier molecular flexibility index (Phi) is 5.23. The fraction of sp³-hybridized carbons (Fsp3) is 0.556. The van der Waals surface area contributed by atoms with E-state index in [1.807, 2.05) is 24.0 Å². The SMILES string of the molecule is Cc1snnc1C(=O)N1CCO[C@@H]2C[C@H](COCc3ccncc3)C[C@@H]21. The highest BCUT2D eigenvalue weighted by Crippen LogP contribution is 2.35. The van der Waals surface area contributed by atoms with Gasteiger partial charge in [-0.05, 0) is 54.9 Å². The van der Waals surface area contributed by atoms with Crippen LogP contribution in [0.5, 0.6) is 0 Å². The molecule has 8 heteroatoms. The molecular formula is C18H22N4O3S. The molecule has 0 aromatic carbocycles. The molecule has 2 aromatic heterocycles. The summed E-state index contributed by atoms with van der Waals surface area (Å²) in [4.78, 5) is 19.7. The molecule has 138 valence electrons. The normalized spacial score (nSPS) is 25.3. The monoisotopic (exact) mass is 374 g/mol. The van der Waals surface area contributed by atoms with E-state index in [0.717, 1.165) is 23.3 Å². The first-order valence-corrected chi connectivity index (χ1v) is 9.68. The fourth-order valence-corrected chi connectivity index (χ4v) is 4.29. The average molecular weight is 374 g/mol. The number of morpholine rings is 1. The zero-order valence-corrected chi connectivity index (χ0v) is 15.5. The van der Waals surface area contributed by atoms with Crippen LogP contribution in [0.15, 0.2) is 24.5 Å². The number of aromatic nitrogens is 3. The van der Waals surface area contributed by atoms with Crippen molar-refractivity contribution in [2.75, 3.05) is 19.8 Å². The Hall–Kier alpha value is -1.90. The van der Waals surface area contributed by atoms with E-state index in [1.165, 1.54) is 11.5 Å². The number of rotatable bonds is 5. The largest absolute Gasteiger partial charge is 0.376 e. The van der Waals surface area contributed by atoms with Gasteiger partial charge in [0.05, 0.1) is 36.8 Å². The number of aryl methyl sites for hydroxylation is 1. The van der Waals surface area contributed by atoms with Crippen LogP contribution in [-0.4, -0.2) is 57.3 Å². The molecular weight excluding hydrogens is 352 g/mol. The van der Waals surface area contributed by atoms with Gasteiger partial charge in [-0.3, -0.25) is 9.78 Å². The molecule has 3 atom stereocenters. The van der Waals surface area contributed by atoms with E-state index in [2.05, 4.69) is 14.6 Å². The minimum absolute atomic E-state index is 0.0205. The number of ether oxygens (including phenoxy) is 2. The van der Waals surface area contributed by atoms with Gasteiger partial charge in [0.25, 0.3) is 5.91 Å². The molecule has 0 radical (unpaired) electrons. The molecule has 0 N–H and O–H groups in total. The Morgan fingerprint density at radius 1 is 1.38 bits per heavy atom. The van der Waals surface area contributed by atoms with Gasteiger partial charge in [0.15, 0.2) is 5.69 Å². The first-order chi connectivity index (χ1) is 12.7. The van der Waals surface area contributed by atoms with Crippen LogP contribution in [0.3, 0.4) is 0 Å². The van der Waals surface area contributed by atoms with Gasteiger partial charge in [-0.1, -0.05) is 4.49 Å². The van der Waals surface area contributed by atoms with Crippen molar-refractivity contribution in [3.63, 3.8) is 0 Å². The summed E-state index contributed by atoms with van der Waals surface area (Å²) in [6.45, 7) is 4.34. The fourth-order valence-electron chi connectivity index (χ4n) is 3.83. The maximum atomic E-state index is 12.9. The summed E-state index contributed by atoms with van der Waals surface area (Å²) in [5.41, 5.74) is 1.60. The number of hydrogen-bond donors (Lipinski definition) is 0. The van der Waals surface area contributed by atoms with Crippen molar-refractivity contribution < 1.29 is 14.3 Å². The van der Waals surface area contributed by atoms with Crippen molar-refractivity contribution in [1.82, 2.24) is 19.5 Å². The third-order valence-corrected chi connectivity index (χ3v) is 5.75. The molecule has 1 aliphatic heterocycles. The van der Waals surface area contributed by atoms with E-state index in [1.54, 1.807) is 12.4 Å². The van der Waals surface area contributed by atoms with Gasteiger partial charge in [0.2, 0.25) is 0 Å². The van der Waals surface area contributed by atoms with Crippen LogP contribution in [-0.2, 0) is 16.1 Å². The summed E-state index contributed by atoms with van der Waals surface area (Å²) in [5.74, 6) is 0.378. The van der Waals surface area contributed by atoms with Crippen molar-refractivity contribution in [3.8, 4) is 0 Å². The van der Waals surface area contributed by atoms with Gasteiger partial charge in [-0.25, -0.2) is 0 Å². The van der Waals surface area contributed by atoms with Crippen LogP contribution in [0.1, 0.15) is 33.8 Å². The molecule has 2 aliphatic rings. The molecule has 1 aliphatic carbocycles. The van der Waals surface area contributed by atoms with Gasteiger partial charge in [-0.2, -0.15) is 0 Å². The lowest BCUT2D eigenvalue weighted by atomic mass is 10.1. The molecule has 0 bridgehead atoms. The number of hydrogen-bond acceptors (Lipinski definition) is 7. The predicted molar refractivity (Wildman–Crippen MR) is 95.8 cm³/mol. The van der Waals surface area contributed by atoms with E-state index in [0.29, 0.717) is 38.0 Å². The van der Waals surface area contributed by atoms with E-state index in [-0.39, 0.29) is 18.1 Å². The minimum atomic E-state index is -0.0205. The van der Waals surface area contributed by atoms with Crippen LogP contribution >= 0.6 is 11.5 Å². The summed E-state index contributed by atoms with van der Waals surface area (Å²) >= 11 is 1.27. The van der Waals surface area contributed by atoms with Crippen LogP contribution in [0.2, 0.25) is 0 Å². The lowest BCUT2D eigenvalue weighted by Crippen LogP contribution is -2.51. The Morgan fingerprint density at radius 3 is 3.00 bits per heavy atom. The molecule has 4 rings (SSSR count). The third-order valence-electron chi connectivity index (χ3n) is 5.12. The Balaban J connectivity index is 1.35. The molecule has 1 amide bonds. The highest BCUT2D eigenvalue weighted by Gasteiger charge is 2.43. The van der Waals surface area contributed by atoms with Crippen LogP contribution in [0, 0.1) is 12.8 Å². The number of carbonyl (C=O) groups excluding carboxylic acids is 1. The van der Waals surface area contributed by atoms with Crippen molar-refractivity contribution >= 4 is 17.4 Å². The molecule has 1 saturated carbocycles. The summed E-state index contributed by atoms with van der Waals surface area (Å²) in [5, 5.41) is 4.01. The Bertz CT molecular complexity index is 754. The molecule has 1 saturated heterocycles. The number of fused-ring (bicyclic) bond motifs is 1. The van der Waals surface area contributed by atoms with E-state index in [4.69, 9.17) is 9.47 Å². The number of pyridine rings is 1. The quantitative estimate of drug-likeness (QED) is 0.797. The standard InChI is InChI=1S/C18H22N4O3S/c1-12-17(20-21-26-12)18(23)22-6-7-25-16-9-14(8-15(16)22)11-24-10-13-2-4-19-5-3-13/h2-5,14-16H,6-11H2,1H3/t14-,15+,16-/m1/s1. The first-order valence-electron chi connectivity index (χ1n) is 8.90. The number of amides is 1. The van der Waals surface area contributed by atoms with Crippen molar-refractivity contribution in [1.29, 1.82) is 0 Å². The topological polar surface area (TPSA) is 77.4 Å². The van der Waals surface area contributed by atoms with Gasteiger partial charge < -0.3 is 14.4 Å². The van der Waals surface area contributed by atoms with Crippen LogP contribution < -0.4 is 0 Å². The summed E-state index contributed by atoms with van der Waals surface area (Å²) < 4.78 is 15.7. The van der Waals surface area contributed by atoms with E-state index < -0.39 is 0 Å². The van der Waals surface area contributed by atoms with Crippen LogP contribution in [0.25, 0.3) is 0 Å².